The summed E-state index contributed by atoms with van der Waals surface area (Å²) in [5.74, 6) is -3.02. The average Bonchev–Trinajstić information content (AvgIpc) is 2.64. The molecule has 1 aromatic heterocycles. The van der Waals surface area contributed by atoms with Gasteiger partial charge in [0.15, 0.2) is 23.1 Å². The minimum atomic E-state index is -4.05. The summed E-state index contributed by atoms with van der Waals surface area (Å²) >= 11 is 0. The van der Waals surface area contributed by atoms with Crippen LogP contribution in [0.3, 0.4) is 0 Å². The molecule has 0 fully saturated rings. The van der Waals surface area contributed by atoms with Crippen LogP contribution in [-0.4, -0.2) is 32.8 Å². The molecule has 0 aliphatic rings. The Bertz CT molecular complexity index is 1250. The first kappa shape index (κ1) is 22.5. The molecule has 0 spiro atoms. The molecule has 3 rings (SSSR count). The molecule has 12 heteroatoms. The van der Waals surface area contributed by atoms with Gasteiger partial charge in [0.1, 0.15) is 5.69 Å². The lowest BCUT2D eigenvalue weighted by Gasteiger charge is -2.12. The zero-order valence-corrected chi connectivity index (χ0v) is 16.8. The Morgan fingerprint density at radius 3 is 2.21 bits per heavy atom. The van der Waals surface area contributed by atoms with E-state index >= 15 is 0 Å². The number of nitrogens with zero attached hydrogens (tertiary/aromatic N) is 1. The SMILES string of the molecule is COc1cc2c(-c3ccc(CS(N)(=O)=O)c(F)c3F)n[nH]c(=O)c2cc1OC.Cl. The highest BCUT2D eigenvalue weighted by molar-refractivity contribution is 7.88. The van der Waals surface area contributed by atoms with Crippen molar-refractivity contribution in [3.63, 3.8) is 0 Å². The van der Waals surface area contributed by atoms with Crippen LogP contribution in [0.2, 0.25) is 0 Å². The molecule has 0 saturated heterocycles. The van der Waals surface area contributed by atoms with E-state index in [1.165, 1.54) is 26.4 Å². The first-order valence-electron chi connectivity index (χ1n) is 7.78. The molecule has 0 radical (unpaired) electrons. The van der Waals surface area contributed by atoms with Crippen molar-refractivity contribution < 1.29 is 26.7 Å². The summed E-state index contributed by atoms with van der Waals surface area (Å²) in [6, 6.07) is 5.07. The minimum Gasteiger partial charge on any atom is -0.493 e. The number of methoxy groups -OCH3 is 2. The summed E-state index contributed by atoms with van der Waals surface area (Å²) in [7, 11) is -1.28. The van der Waals surface area contributed by atoms with E-state index in [4.69, 9.17) is 14.6 Å². The van der Waals surface area contributed by atoms with Gasteiger partial charge in [0.2, 0.25) is 10.0 Å². The number of ether oxygens (including phenoxy) is 2. The number of fused-ring (bicyclic) bond motifs is 1. The third kappa shape index (κ3) is 4.31. The molecule has 1 heterocycles. The van der Waals surface area contributed by atoms with Gasteiger partial charge in [0.25, 0.3) is 5.56 Å². The normalized spacial score (nSPS) is 11.2. The highest BCUT2D eigenvalue weighted by Gasteiger charge is 2.21. The van der Waals surface area contributed by atoms with Crippen LogP contribution >= 0.6 is 12.4 Å². The molecule has 2 aromatic carbocycles. The summed E-state index contributed by atoms with van der Waals surface area (Å²) < 4.78 is 61.7. The van der Waals surface area contributed by atoms with Gasteiger partial charge in [-0.25, -0.2) is 27.4 Å². The second-order valence-corrected chi connectivity index (χ2v) is 7.48. The first-order chi connectivity index (χ1) is 13.2. The lowest BCUT2D eigenvalue weighted by Crippen LogP contribution is -2.16. The summed E-state index contributed by atoms with van der Waals surface area (Å²) in [6.07, 6.45) is 0. The molecule has 0 aliphatic carbocycles. The first-order valence-corrected chi connectivity index (χ1v) is 9.50. The van der Waals surface area contributed by atoms with E-state index < -0.39 is 38.5 Å². The second kappa shape index (κ2) is 8.31. The average molecular weight is 448 g/mol. The molecule has 156 valence electrons. The maximum atomic E-state index is 14.7. The minimum absolute atomic E-state index is 0. The van der Waals surface area contributed by atoms with Gasteiger partial charge >= 0.3 is 0 Å². The fraction of sp³-hybridized carbons (Fsp3) is 0.176. The quantitative estimate of drug-likeness (QED) is 0.617. The number of nitrogens with two attached hydrogens (primary N) is 1. The molecule has 0 unspecified atom stereocenters. The zero-order chi connectivity index (χ0) is 20.6. The number of hydrogen-bond donors (Lipinski definition) is 2. The maximum Gasteiger partial charge on any atom is 0.272 e. The Hall–Kier alpha value is -2.76. The molecule has 8 nitrogen and oxygen atoms in total. The third-order valence-electron chi connectivity index (χ3n) is 4.07. The number of aromatic nitrogens is 2. The van der Waals surface area contributed by atoms with Crippen molar-refractivity contribution in [2.45, 2.75) is 5.75 Å². The molecule has 3 aromatic rings. The van der Waals surface area contributed by atoms with Gasteiger partial charge in [-0.05, 0) is 18.2 Å². The number of nitrogens with one attached hydrogen (secondary N) is 1. The highest BCUT2D eigenvalue weighted by atomic mass is 35.5. The van der Waals surface area contributed by atoms with Crippen molar-refractivity contribution in [3.05, 3.63) is 51.8 Å². The van der Waals surface area contributed by atoms with E-state index in [-0.39, 0.29) is 45.9 Å². The van der Waals surface area contributed by atoms with E-state index in [2.05, 4.69) is 10.2 Å². The number of halogens is 3. The van der Waals surface area contributed by atoms with Crippen molar-refractivity contribution >= 4 is 33.2 Å². The summed E-state index contributed by atoms with van der Waals surface area (Å²) in [5, 5.41) is 11.3. The van der Waals surface area contributed by atoms with Crippen LogP contribution in [0, 0.1) is 11.6 Å². The smallest absolute Gasteiger partial charge is 0.272 e. The number of benzene rings is 2. The van der Waals surface area contributed by atoms with Crippen LogP contribution in [0.1, 0.15) is 5.56 Å². The van der Waals surface area contributed by atoms with Crippen molar-refractivity contribution in [2.24, 2.45) is 5.14 Å². The number of H-pyrrole nitrogens is 1. The molecule has 0 atom stereocenters. The summed E-state index contributed by atoms with van der Waals surface area (Å²) in [4.78, 5) is 12.1. The number of hydrogen-bond acceptors (Lipinski definition) is 6. The van der Waals surface area contributed by atoms with Gasteiger partial charge < -0.3 is 9.47 Å². The van der Waals surface area contributed by atoms with E-state index in [9.17, 15) is 22.0 Å². The van der Waals surface area contributed by atoms with Gasteiger partial charge in [-0.1, -0.05) is 6.07 Å². The fourth-order valence-corrected chi connectivity index (χ4v) is 3.45. The van der Waals surface area contributed by atoms with Crippen LogP contribution in [0.5, 0.6) is 11.5 Å². The monoisotopic (exact) mass is 447 g/mol. The predicted octanol–water partition coefficient (Wildman–Crippen LogP) is 2.10. The van der Waals surface area contributed by atoms with Crippen molar-refractivity contribution in [2.75, 3.05) is 14.2 Å². The topological polar surface area (TPSA) is 124 Å². The van der Waals surface area contributed by atoms with Crippen LogP contribution < -0.4 is 20.2 Å². The van der Waals surface area contributed by atoms with E-state index in [1.807, 2.05) is 0 Å². The Labute approximate surface area is 170 Å². The molecule has 0 aliphatic heterocycles. The lowest BCUT2D eigenvalue weighted by molar-refractivity contribution is 0.356. The molecular formula is C17H16ClF2N3O5S. The van der Waals surface area contributed by atoms with Crippen LogP contribution in [0.15, 0.2) is 29.1 Å². The van der Waals surface area contributed by atoms with Crippen molar-refractivity contribution in [1.82, 2.24) is 10.2 Å². The summed E-state index contributed by atoms with van der Waals surface area (Å²) in [6.45, 7) is 0. The largest absolute Gasteiger partial charge is 0.493 e. The number of sulfonamides is 1. The molecule has 29 heavy (non-hydrogen) atoms. The highest BCUT2D eigenvalue weighted by Crippen LogP contribution is 2.36. The standard InChI is InChI=1S/C17H15F2N3O5S.ClH/c1-26-12-5-10-11(6-13(12)27-2)17(23)22-21-16(10)9-4-3-8(7-28(20,24)25)14(18)15(9)19;/h3-6H,7H2,1-2H3,(H,22,23)(H2,20,24,25);1H. The van der Waals surface area contributed by atoms with Crippen LogP contribution in [-0.2, 0) is 15.8 Å². The molecule has 3 N–H and O–H groups in total. The molecule has 0 amide bonds. The van der Waals surface area contributed by atoms with Crippen molar-refractivity contribution in [3.8, 4) is 22.8 Å². The van der Waals surface area contributed by atoms with E-state index in [0.717, 1.165) is 12.1 Å². The number of primary sulfonamides is 1. The number of rotatable bonds is 5. The Kier molecular flexibility index (Phi) is 6.46. The van der Waals surface area contributed by atoms with Crippen LogP contribution in [0.25, 0.3) is 22.0 Å². The van der Waals surface area contributed by atoms with E-state index in [1.54, 1.807) is 0 Å². The molecular weight excluding hydrogens is 432 g/mol. The second-order valence-electron chi connectivity index (χ2n) is 5.86. The Morgan fingerprint density at radius 1 is 1.07 bits per heavy atom. The summed E-state index contributed by atoms with van der Waals surface area (Å²) in [5.41, 5.74) is -1.32. The Balaban J connectivity index is 0.00000300. The third-order valence-corrected chi connectivity index (χ3v) is 4.78. The maximum absolute atomic E-state index is 14.7. The van der Waals surface area contributed by atoms with Gasteiger partial charge in [0.05, 0.1) is 25.4 Å². The van der Waals surface area contributed by atoms with Gasteiger partial charge in [0, 0.05) is 16.5 Å². The molecule has 0 bridgehead atoms. The molecule has 0 saturated carbocycles. The van der Waals surface area contributed by atoms with E-state index in [0.29, 0.717) is 0 Å². The van der Waals surface area contributed by atoms with Gasteiger partial charge in [-0.3, -0.25) is 4.79 Å². The lowest BCUT2D eigenvalue weighted by atomic mass is 10.0. The van der Waals surface area contributed by atoms with Gasteiger partial charge in [-0.15, -0.1) is 12.4 Å². The fourth-order valence-electron chi connectivity index (χ4n) is 2.80. The van der Waals surface area contributed by atoms with Crippen molar-refractivity contribution in [1.29, 1.82) is 0 Å². The van der Waals surface area contributed by atoms with Crippen LogP contribution in [0.4, 0.5) is 8.78 Å². The zero-order valence-electron chi connectivity index (χ0n) is 15.2. The Morgan fingerprint density at radius 2 is 1.66 bits per heavy atom. The number of aromatic amines is 1. The van der Waals surface area contributed by atoms with Gasteiger partial charge in [-0.2, -0.15) is 5.10 Å². The predicted molar refractivity (Wildman–Crippen MR) is 105 cm³/mol.